The number of aryl methyl sites for hydroxylation is 1. The Morgan fingerprint density at radius 2 is 2.31 bits per heavy atom. The number of carbonyl (C=O) groups excluding carboxylic acids is 1. The lowest BCUT2D eigenvalue weighted by Crippen LogP contribution is -1.92. The number of nitrogens with zero attached hydrogens (tertiary/aromatic N) is 3. The molecule has 0 atom stereocenters. The summed E-state index contributed by atoms with van der Waals surface area (Å²) in [5.41, 5.74) is 0.562. The molecule has 2 aromatic rings. The van der Waals surface area contributed by atoms with Crippen LogP contribution < -0.4 is 0 Å². The Labute approximate surface area is 102 Å². The number of carbonyl (C=O) groups is 1. The molecule has 1 heterocycles. The lowest BCUT2D eigenvalue weighted by Gasteiger charge is -2.03. The third kappa shape index (κ3) is 2.25. The Morgan fingerprint density at radius 3 is 2.88 bits per heavy atom. The molecule has 82 valence electrons. The first-order valence-electron chi connectivity index (χ1n) is 4.47. The first-order valence-corrected chi connectivity index (χ1v) is 5.66. The van der Waals surface area contributed by atoms with E-state index in [9.17, 15) is 4.79 Å². The average molecular weight is 254 g/mol. The normalized spacial score (nSPS) is 10.4. The van der Waals surface area contributed by atoms with Crippen LogP contribution in [0.3, 0.4) is 0 Å². The maximum Gasteiger partial charge on any atom is 0.190 e. The summed E-state index contributed by atoms with van der Waals surface area (Å²) in [6.07, 6.45) is 2.25. The first kappa shape index (κ1) is 11.2. The molecule has 2 rings (SSSR count). The average Bonchev–Trinajstić information content (AvgIpc) is 2.67. The summed E-state index contributed by atoms with van der Waals surface area (Å²) in [5, 5.41) is 5.25. The minimum absolute atomic E-state index is 0.539. The summed E-state index contributed by atoms with van der Waals surface area (Å²) in [4.78, 5) is 15.5. The van der Waals surface area contributed by atoms with Gasteiger partial charge in [0.15, 0.2) is 5.16 Å². The van der Waals surface area contributed by atoms with Gasteiger partial charge in [0.1, 0.15) is 12.6 Å². The number of halogens is 1. The molecule has 0 aliphatic heterocycles. The minimum Gasteiger partial charge on any atom is -0.298 e. The highest BCUT2D eigenvalue weighted by Crippen LogP contribution is 2.31. The maximum absolute atomic E-state index is 10.5. The van der Waals surface area contributed by atoms with Gasteiger partial charge < -0.3 is 0 Å². The third-order valence-electron chi connectivity index (χ3n) is 1.96. The van der Waals surface area contributed by atoms with Crippen LogP contribution in [0.5, 0.6) is 0 Å². The summed E-state index contributed by atoms with van der Waals surface area (Å²) in [6.45, 7) is 0. The standard InChI is InChI=1S/C10H8ClN3OS/c1-14-10(12-6-13-14)16-9-3-2-7(5-15)4-8(9)11/h2-6H,1H3. The lowest BCUT2D eigenvalue weighted by atomic mass is 10.2. The number of rotatable bonds is 3. The van der Waals surface area contributed by atoms with Crippen LogP contribution in [-0.4, -0.2) is 21.1 Å². The molecule has 0 radical (unpaired) electrons. The molecule has 0 unspecified atom stereocenters. The van der Waals surface area contributed by atoms with Gasteiger partial charge in [0, 0.05) is 17.5 Å². The summed E-state index contributed by atoms with van der Waals surface area (Å²) in [5.74, 6) is 0. The molecule has 0 spiro atoms. The largest absolute Gasteiger partial charge is 0.298 e. The van der Waals surface area contributed by atoms with Gasteiger partial charge in [-0.15, -0.1) is 0 Å². The van der Waals surface area contributed by atoms with Crippen molar-refractivity contribution in [3.8, 4) is 0 Å². The van der Waals surface area contributed by atoms with E-state index in [4.69, 9.17) is 11.6 Å². The highest BCUT2D eigenvalue weighted by atomic mass is 35.5. The predicted molar refractivity (Wildman–Crippen MR) is 62.0 cm³/mol. The molecule has 0 aliphatic carbocycles. The number of hydrogen-bond acceptors (Lipinski definition) is 4. The van der Waals surface area contributed by atoms with E-state index in [0.29, 0.717) is 10.6 Å². The van der Waals surface area contributed by atoms with E-state index in [2.05, 4.69) is 10.1 Å². The smallest absolute Gasteiger partial charge is 0.190 e. The zero-order chi connectivity index (χ0) is 11.5. The first-order chi connectivity index (χ1) is 7.70. The lowest BCUT2D eigenvalue weighted by molar-refractivity contribution is 0.112. The molecular weight excluding hydrogens is 246 g/mol. The Bertz CT molecular complexity index is 527. The van der Waals surface area contributed by atoms with Crippen LogP contribution in [-0.2, 0) is 7.05 Å². The molecule has 0 saturated heterocycles. The zero-order valence-electron chi connectivity index (χ0n) is 8.42. The molecule has 0 bridgehead atoms. The minimum atomic E-state index is 0.539. The Hall–Kier alpha value is -1.33. The molecule has 0 amide bonds. The molecule has 1 aromatic carbocycles. The van der Waals surface area contributed by atoms with Crippen LogP contribution in [0.15, 0.2) is 34.6 Å². The second kappa shape index (κ2) is 4.67. The molecule has 0 fully saturated rings. The van der Waals surface area contributed by atoms with Crippen molar-refractivity contribution in [2.45, 2.75) is 10.1 Å². The molecule has 0 aliphatic rings. The molecule has 0 N–H and O–H groups in total. The second-order valence-electron chi connectivity index (χ2n) is 3.08. The van der Waals surface area contributed by atoms with Crippen molar-refractivity contribution in [3.05, 3.63) is 35.1 Å². The molecule has 16 heavy (non-hydrogen) atoms. The van der Waals surface area contributed by atoms with E-state index >= 15 is 0 Å². The number of aldehydes is 1. The highest BCUT2D eigenvalue weighted by molar-refractivity contribution is 7.99. The Kier molecular flexibility index (Phi) is 3.26. The maximum atomic E-state index is 10.5. The van der Waals surface area contributed by atoms with Crippen LogP contribution in [0.1, 0.15) is 10.4 Å². The van der Waals surface area contributed by atoms with Crippen molar-refractivity contribution in [1.29, 1.82) is 0 Å². The molecular formula is C10H8ClN3OS. The fourth-order valence-electron chi connectivity index (χ4n) is 1.15. The van der Waals surface area contributed by atoms with E-state index in [-0.39, 0.29) is 0 Å². The molecule has 0 saturated carbocycles. The fraction of sp³-hybridized carbons (Fsp3) is 0.100. The van der Waals surface area contributed by atoms with Crippen molar-refractivity contribution in [2.75, 3.05) is 0 Å². The summed E-state index contributed by atoms with van der Waals surface area (Å²) in [6, 6.07) is 5.15. The zero-order valence-corrected chi connectivity index (χ0v) is 10.00. The van der Waals surface area contributed by atoms with E-state index in [0.717, 1.165) is 16.3 Å². The summed E-state index contributed by atoms with van der Waals surface area (Å²) in [7, 11) is 1.81. The van der Waals surface area contributed by atoms with Crippen LogP contribution in [0.2, 0.25) is 5.02 Å². The fourth-order valence-corrected chi connectivity index (χ4v) is 2.22. The van der Waals surface area contributed by atoms with Crippen molar-refractivity contribution in [3.63, 3.8) is 0 Å². The van der Waals surface area contributed by atoms with Crippen LogP contribution >= 0.6 is 23.4 Å². The van der Waals surface area contributed by atoms with Crippen LogP contribution in [0.25, 0.3) is 0 Å². The SMILES string of the molecule is Cn1ncnc1Sc1ccc(C=O)cc1Cl. The quantitative estimate of drug-likeness (QED) is 0.789. The number of aromatic nitrogens is 3. The Balaban J connectivity index is 2.29. The van der Waals surface area contributed by atoms with Gasteiger partial charge in [-0.1, -0.05) is 17.7 Å². The summed E-state index contributed by atoms with van der Waals surface area (Å²) < 4.78 is 1.66. The van der Waals surface area contributed by atoms with Gasteiger partial charge in [0.25, 0.3) is 0 Å². The van der Waals surface area contributed by atoms with Crippen molar-refractivity contribution >= 4 is 29.6 Å². The van der Waals surface area contributed by atoms with Crippen molar-refractivity contribution in [2.24, 2.45) is 7.05 Å². The highest BCUT2D eigenvalue weighted by Gasteiger charge is 2.07. The van der Waals surface area contributed by atoms with Crippen LogP contribution in [0, 0.1) is 0 Å². The van der Waals surface area contributed by atoms with E-state index in [1.54, 1.807) is 22.9 Å². The van der Waals surface area contributed by atoms with Gasteiger partial charge in [-0.3, -0.25) is 4.79 Å². The number of benzene rings is 1. The van der Waals surface area contributed by atoms with Gasteiger partial charge in [-0.25, -0.2) is 9.67 Å². The Morgan fingerprint density at radius 1 is 1.50 bits per heavy atom. The molecule has 1 aromatic heterocycles. The van der Waals surface area contributed by atoms with E-state index in [1.165, 1.54) is 18.1 Å². The van der Waals surface area contributed by atoms with E-state index in [1.807, 2.05) is 7.05 Å². The van der Waals surface area contributed by atoms with Gasteiger partial charge in [0.2, 0.25) is 0 Å². The predicted octanol–water partition coefficient (Wildman–Crippen LogP) is 2.43. The van der Waals surface area contributed by atoms with Gasteiger partial charge in [-0.2, -0.15) is 5.10 Å². The van der Waals surface area contributed by atoms with Gasteiger partial charge in [0.05, 0.1) is 5.02 Å². The third-order valence-corrected chi connectivity index (χ3v) is 3.52. The van der Waals surface area contributed by atoms with E-state index < -0.39 is 0 Å². The topological polar surface area (TPSA) is 47.8 Å². The van der Waals surface area contributed by atoms with Crippen molar-refractivity contribution in [1.82, 2.24) is 14.8 Å². The van der Waals surface area contributed by atoms with Crippen molar-refractivity contribution < 1.29 is 4.79 Å². The van der Waals surface area contributed by atoms with Crippen LogP contribution in [0.4, 0.5) is 0 Å². The molecule has 6 heteroatoms. The monoisotopic (exact) mass is 253 g/mol. The number of hydrogen-bond donors (Lipinski definition) is 0. The summed E-state index contributed by atoms with van der Waals surface area (Å²) >= 11 is 7.45. The van der Waals surface area contributed by atoms with Gasteiger partial charge >= 0.3 is 0 Å². The molecule has 4 nitrogen and oxygen atoms in total. The van der Waals surface area contributed by atoms with Gasteiger partial charge in [-0.05, 0) is 23.9 Å². The second-order valence-corrected chi connectivity index (χ2v) is 4.49.